The molecular weight excluding hydrogens is 297 g/mol. The van der Waals surface area contributed by atoms with Gasteiger partial charge < -0.3 is 15.2 Å². The Balaban J connectivity index is 2.28. The molecular formula is C15H13ClFNO3. The van der Waals surface area contributed by atoms with Crippen LogP contribution >= 0.6 is 11.6 Å². The summed E-state index contributed by atoms with van der Waals surface area (Å²) < 4.78 is 23.5. The molecule has 0 aliphatic heterocycles. The van der Waals surface area contributed by atoms with E-state index >= 15 is 0 Å². The molecule has 0 aliphatic carbocycles. The molecule has 0 atom stereocenters. The fourth-order valence-corrected chi connectivity index (χ4v) is 1.80. The minimum Gasteiger partial charge on any atom is -0.462 e. The van der Waals surface area contributed by atoms with Crippen LogP contribution in [-0.2, 0) is 4.74 Å². The lowest BCUT2D eigenvalue weighted by Gasteiger charge is -2.10. The maximum absolute atomic E-state index is 13.1. The number of anilines is 1. The second-order valence-electron chi connectivity index (χ2n) is 4.15. The first-order valence-electron chi connectivity index (χ1n) is 6.20. The molecule has 0 radical (unpaired) electrons. The highest BCUT2D eigenvalue weighted by molar-refractivity contribution is 6.30. The van der Waals surface area contributed by atoms with Gasteiger partial charge in [0.2, 0.25) is 0 Å². The van der Waals surface area contributed by atoms with Crippen LogP contribution in [0.3, 0.4) is 0 Å². The Labute approximate surface area is 126 Å². The molecule has 2 N–H and O–H groups in total. The molecule has 0 amide bonds. The summed E-state index contributed by atoms with van der Waals surface area (Å²) in [5.74, 6) is -0.436. The Kier molecular flexibility index (Phi) is 4.65. The lowest BCUT2D eigenvalue weighted by atomic mass is 10.2. The third-order valence-electron chi connectivity index (χ3n) is 2.64. The summed E-state index contributed by atoms with van der Waals surface area (Å²) in [5, 5.41) is -0.0624. The Morgan fingerprint density at radius 2 is 2.05 bits per heavy atom. The van der Waals surface area contributed by atoms with Crippen molar-refractivity contribution in [3.63, 3.8) is 0 Å². The number of nitrogen functional groups attached to an aromatic ring is 1. The van der Waals surface area contributed by atoms with E-state index in [1.165, 1.54) is 36.4 Å². The van der Waals surface area contributed by atoms with Crippen molar-refractivity contribution in [2.24, 2.45) is 0 Å². The summed E-state index contributed by atoms with van der Waals surface area (Å²) in [7, 11) is 0. The quantitative estimate of drug-likeness (QED) is 0.684. The summed E-state index contributed by atoms with van der Waals surface area (Å²) in [5.41, 5.74) is 6.45. The van der Waals surface area contributed by atoms with E-state index < -0.39 is 11.8 Å². The number of carbonyl (C=O) groups is 1. The molecule has 0 saturated heterocycles. The summed E-state index contributed by atoms with van der Waals surface area (Å²) in [6.45, 7) is 1.99. The van der Waals surface area contributed by atoms with Gasteiger partial charge in [-0.25, -0.2) is 9.18 Å². The second-order valence-corrected chi connectivity index (χ2v) is 4.56. The van der Waals surface area contributed by atoms with Crippen LogP contribution in [0.1, 0.15) is 17.3 Å². The summed E-state index contributed by atoms with van der Waals surface area (Å²) in [6.07, 6.45) is 0. The molecule has 0 unspecified atom stereocenters. The Bertz CT molecular complexity index is 676. The predicted molar refractivity (Wildman–Crippen MR) is 78.3 cm³/mol. The van der Waals surface area contributed by atoms with Crippen LogP contribution in [-0.4, -0.2) is 12.6 Å². The molecule has 0 fully saturated rings. The van der Waals surface area contributed by atoms with E-state index in [1.807, 2.05) is 0 Å². The Morgan fingerprint density at radius 3 is 2.71 bits per heavy atom. The molecule has 110 valence electrons. The molecule has 0 aromatic heterocycles. The zero-order chi connectivity index (χ0) is 15.4. The maximum Gasteiger partial charge on any atom is 0.338 e. The molecule has 6 heteroatoms. The number of halogens is 2. The fraction of sp³-hybridized carbons (Fsp3) is 0.133. The van der Waals surface area contributed by atoms with Gasteiger partial charge in [0, 0.05) is 6.07 Å². The number of carbonyl (C=O) groups excluding carboxylic acids is 1. The first kappa shape index (κ1) is 15.1. The highest BCUT2D eigenvalue weighted by Gasteiger charge is 2.11. The smallest absolute Gasteiger partial charge is 0.338 e. The van der Waals surface area contributed by atoms with Crippen molar-refractivity contribution in [1.29, 1.82) is 0 Å². The number of ether oxygens (including phenoxy) is 2. The van der Waals surface area contributed by atoms with Crippen LogP contribution in [0, 0.1) is 5.82 Å². The number of esters is 1. The van der Waals surface area contributed by atoms with E-state index in [1.54, 1.807) is 6.92 Å². The van der Waals surface area contributed by atoms with Crippen LogP contribution in [0.5, 0.6) is 11.5 Å². The van der Waals surface area contributed by atoms with Gasteiger partial charge in [-0.05, 0) is 37.3 Å². The van der Waals surface area contributed by atoms with Crippen molar-refractivity contribution < 1.29 is 18.7 Å². The number of benzene rings is 2. The van der Waals surface area contributed by atoms with E-state index in [4.69, 9.17) is 26.8 Å². The van der Waals surface area contributed by atoms with Gasteiger partial charge in [-0.3, -0.25) is 0 Å². The molecule has 2 rings (SSSR count). The monoisotopic (exact) mass is 309 g/mol. The molecule has 2 aromatic carbocycles. The molecule has 0 saturated carbocycles. The topological polar surface area (TPSA) is 61.5 Å². The van der Waals surface area contributed by atoms with Crippen LogP contribution in [0.25, 0.3) is 0 Å². The van der Waals surface area contributed by atoms with Crippen LogP contribution in [0.2, 0.25) is 5.02 Å². The molecule has 0 bridgehead atoms. The van der Waals surface area contributed by atoms with E-state index in [-0.39, 0.29) is 17.4 Å². The normalized spacial score (nSPS) is 10.2. The molecule has 0 heterocycles. The number of nitrogens with two attached hydrogens (primary N) is 1. The minimum absolute atomic E-state index is 0.0624. The molecule has 4 nitrogen and oxygen atoms in total. The average molecular weight is 310 g/mol. The van der Waals surface area contributed by atoms with Gasteiger partial charge in [-0.15, -0.1) is 0 Å². The van der Waals surface area contributed by atoms with Crippen molar-refractivity contribution in [3.05, 3.63) is 52.8 Å². The van der Waals surface area contributed by atoms with Crippen LogP contribution in [0.15, 0.2) is 36.4 Å². The van der Waals surface area contributed by atoms with E-state index in [9.17, 15) is 9.18 Å². The minimum atomic E-state index is -0.544. The van der Waals surface area contributed by atoms with E-state index in [0.29, 0.717) is 17.0 Å². The van der Waals surface area contributed by atoms with Crippen molar-refractivity contribution in [2.45, 2.75) is 6.92 Å². The summed E-state index contributed by atoms with van der Waals surface area (Å²) in [6, 6.07) is 8.46. The summed E-state index contributed by atoms with van der Waals surface area (Å²) in [4.78, 5) is 11.7. The summed E-state index contributed by atoms with van der Waals surface area (Å²) >= 11 is 5.68. The highest BCUT2D eigenvalue weighted by atomic mass is 35.5. The zero-order valence-electron chi connectivity index (χ0n) is 11.2. The van der Waals surface area contributed by atoms with E-state index in [0.717, 1.165) is 0 Å². The first-order valence-corrected chi connectivity index (χ1v) is 6.58. The van der Waals surface area contributed by atoms with Gasteiger partial charge >= 0.3 is 5.97 Å². The predicted octanol–water partition coefficient (Wildman–Crippen LogP) is 4.03. The average Bonchev–Trinajstić information content (AvgIpc) is 2.45. The maximum atomic E-state index is 13.1. The third-order valence-corrected chi connectivity index (χ3v) is 2.93. The standard InChI is InChI=1S/C15H13ClFNO3/c1-2-20-15(19)9-3-6-13(18)14(7-9)21-10-4-5-12(17)11(16)8-10/h3-8H,2,18H2,1H3. The van der Waals surface area contributed by atoms with Crippen molar-refractivity contribution in [2.75, 3.05) is 12.3 Å². The molecule has 21 heavy (non-hydrogen) atoms. The zero-order valence-corrected chi connectivity index (χ0v) is 12.0. The second kappa shape index (κ2) is 6.45. The SMILES string of the molecule is CCOC(=O)c1ccc(N)c(Oc2ccc(F)c(Cl)c2)c1. The van der Waals surface area contributed by atoms with Gasteiger partial charge in [0.25, 0.3) is 0 Å². The number of hydrogen-bond donors (Lipinski definition) is 1. The van der Waals surface area contributed by atoms with Crippen LogP contribution < -0.4 is 10.5 Å². The van der Waals surface area contributed by atoms with Crippen molar-refractivity contribution in [3.8, 4) is 11.5 Å². The van der Waals surface area contributed by atoms with Crippen molar-refractivity contribution >= 4 is 23.3 Å². The first-order chi connectivity index (χ1) is 10.0. The number of rotatable bonds is 4. The van der Waals surface area contributed by atoms with Gasteiger partial charge in [0.1, 0.15) is 11.6 Å². The van der Waals surface area contributed by atoms with Gasteiger partial charge in [0.05, 0.1) is 22.9 Å². The van der Waals surface area contributed by atoms with Crippen LogP contribution in [0.4, 0.5) is 10.1 Å². The van der Waals surface area contributed by atoms with Crippen molar-refractivity contribution in [1.82, 2.24) is 0 Å². The van der Waals surface area contributed by atoms with Gasteiger partial charge in [0.15, 0.2) is 5.75 Å². The fourth-order valence-electron chi connectivity index (χ4n) is 1.63. The third kappa shape index (κ3) is 3.64. The molecule has 0 aliphatic rings. The molecule has 2 aromatic rings. The molecule has 0 spiro atoms. The number of hydrogen-bond acceptors (Lipinski definition) is 4. The lowest BCUT2D eigenvalue weighted by molar-refractivity contribution is 0.0526. The Hall–Kier alpha value is -2.27. The largest absolute Gasteiger partial charge is 0.462 e. The lowest BCUT2D eigenvalue weighted by Crippen LogP contribution is -2.05. The Morgan fingerprint density at radius 1 is 1.29 bits per heavy atom. The van der Waals surface area contributed by atoms with E-state index in [2.05, 4.69) is 0 Å². The van der Waals surface area contributed by atoms with Gasteiger partial charge in [-0.1, -0.05) is 11.6 Å². The van der Waals surface area contributed by atoms with Gasteiger partial charge in [-0.2, -0.15) is 0 Å². The highest BCUT2D eigenvalue weighted by Crippen LogP contribution is 2.30.